The van der Waals surface area contributed by atoms with Crippen molar-refractivity contribution in [2.75, 3.05) is 0 Å². The number of nitrogens with one attached hydrogen (secondary N) is 1. The second-order valence-corrected chi connectivity index (χ2v) is 3.23. The molecule has 2 rings (SSSR count). The molecular formula is C7H4N6O6. The summed E-state index contributed by atoms with van der Waals surface area (Å²) in [6.45, 7) is 0. The van der Waals surface area contributed by atoms with Crippen LogP contribution in [0.5, 0.6) is 0 Å². The maximum atomic E-state index is 11.2. The average molecular weight is 268 g/mol. The summed E-state index contributed by atoms with van der Waals surface area (Å²) in [5, 5.41) is 38.0. The van der Waals surface area contributed by atoms with Crippen LogP contribution in [0.4, 0.5) is 0 Å². The van der Waals surface area contributed by atoms with Gasteiger partial charge in [-0.3, -0.25) is 5.10 Å². The number of aliphatic carboxylic acids is 2. The zero-order valence-corrected chi connectivity index (χ0v) is 8.80. The molecule has 0 fully saturated rings. The number of amidine groups is 1. The predicted octanol–water partition coefficient (Wildman–Crippen LogP) is -1.31. The molecule has 2 heterocycles. The van der Waals surface area contributed by atoms with E-state index in [-0.39, 0.29) is 0 Å². The van der Waals surface area contributed by atoms with Gasteiger partial charge in [0.1, 0.15) is 0 Å². The van der Waals surface area contributed by atoms with E-state index in [2.05, 4.69) is 25.3 Å². The van der Waals surface area contributed by atoms with Crippen molar-refractivity contribution in [2.24, 2.45) is 15.2 Å². The Morgan fingerprint density at radius 1 is 1.11 bits per heavy atom. The first-order chi connectivity index (χ1) is 8.86. The highest BCUT2D eigenvalue weighted by Gasteiger charge is 2.49. The minimum Gasteiger partial charge on any atom is -0.478 e. The van der Waals surface area contributed by atoms with Gasteiger partial charge in [0.05, 0.1) is 0 Å². The quantitative estimate of drug-likeness (QED) is 0.516. The summed E-state index contributed by atoms with van der Waals surface area (Å²) in [4.78, 5) is 39.1. The Kier molecular flexibility index (Phi) is 2.54. The molecule has 0 radical (unpaired) electrons. The predicted molar refractivity (Wildman–Crippen MR) is 52.6 cm³/mol. The summed E-state index contributed by atoms with van der Waals surface area (Å²) in [5.74, 6) is -6.86. The second kappa shape index (κ2) is 3.94. The summed E-state index contributed by atoms with van der Waals surface area (Å²) in [6, 6.07) is 0. The molecule has 19 heavy (non-hydrogen) atoms. The van der Waals surface area contributed by atoms with Crippen molar-refractivity contribution in [3.8, 4) is 0 Å². The van der Waals surface area contributed by atoms with E-state index in [0.29, 0.717) is 0 Å². The van der Waals surface area contributed by atoms with Crippen LogP contribution in [-0.2, 0) is 15.3 Å². The Morgan fingerprint density at radius 3 is 2.21 bits per heavy atom. The third kappa shape index (κ3) is 1.80. The van der Waals surface area contributed by atoms with Gasteiger partial charge in [-0.05, 0) is 0 Å². The number of aromatic carboxylic acids is 1. The first-order valence-corrected chi connectivity index (χ1v) is 4.52. The van der Waals surface area contributed by atoms with Crippen molar-refractivity contribution in [3.05, 3.63) is 11.6 Å². The lowest BCUT2D eigenvalue weighted by molar-refractivity contribution is -0.143. The van der Waals surface area contributed by atoms with Gasteiger partial charge in [-0.2, -0.15) is 0 Å². The fourth-order valence-electron chi connectivity index (χ4n) is 1.21. The fraction of sp³-hybridized carbons (Fsp3) is 0.143. The van der Waals surface area contributed by atoms with Gasteiger partial charge in [0.2, 0.25) is 0 Å². The highest BCUT2D eigenvalue weighted by Crippen LogP contribution is 2.30. The number of H-pyrrole nitrogens is 1. The molecule has 12 heteroatoms. The molecule has 0 aliphatic carbocycles. The molecule has 1 aromatic heterocycles. The molecule has 1 atom stereocenters. The number of aromatic amines is 1. The molecule has 0 bridgehead atoms. The van der Waals surface area contributed by atoms with Crippen molar-refractivity contribution in [2.45, 2.75) is 5.66 Å². The molecule has 0 amide bonds. The topological polar surface area (TPSA) is 191 Å². The number of carbonyl (C=O) groups is 3. The summed E-state index contributed by atoms with van der Waals surface area (Å²) in [6.07, 6.45) is 0. The summed E-state index contributed by atoms with van der Waals surface area (Å²) >= 11 is 0. The lowest BCUT2D eigenvalue weighted by Gasteiger charge is -2.11. The van der Waals surface area contributed by atoms with E-state index in [1.54, 1.807) is 0 Å². The van der Waals surface area contributed by atoms with Gasteiger partial charge < -0.3 is 15.3 Å². The SMILES string of the molecule is O=C(O)C1=NC(C(=O)O)(c2nc(C(=O)O)n[nH]2)N=N1. The van der Waals surface area contributed by atoms with Crippen LogP contribution in [-0.4, -0.2) is 54.2 Å². The number of carboxylic acid groups (broad SMARTS) is 3. The van der Waals surface area contributed by atoms with E-state index in [9.17, 15) is 14.4 Å². The van der Waals surface area contributed by atoms with Gasteiger partial charge in [-0.25, -0.2) is 24.4 Å². The zero-order chi connectivity index (χ0) is 14.2. The van der Waals surface area contributed by atoms with Crippen LogP contribution in [0.2, 0.25) is 0 Å². The Labute approximate surface area is 102 Å². The Morgan fingerprint density at radius 2 is 1.79 bits per heavy atom. The van der Waals surface area contributed by atoms with Gasteiger partial charge in [-0.1, -0.05) is 0 Å². The van der Waals surface area contributed by atoms with Crippen molar-refractivity contribution in [1.29, 1.82) is 0 Å². The zero-order valence-electron chi connectivity index (χ0n) is 8.80. The Bertz CT molecular complexity index is 646. The van der Waals surface area contributed by atoms with Gasteiger partial charge >= 0.3 is 23.6 Å². The number of azo groups is 1. The molecule has 4 N–H and O–H groups in total. The Hall–Kier alpha value is -3.18. The number of hydrogen-bond donors (Lipinski definition) is 4. The van der Waals surface area contributed by atoms with Crippen molar-refractivity contribution < 1.29 is 29.7 Å². The smallest absolute Gasteiger partial charge is 0.375 e. The van der Waals surface area contributed by atoms with E-state index < -0.39 is 41.1 Å². The van der Waals surface area contributed by atoms with E-state index in [4.69, 9.17) is 15.3 Å². The molecular weight excluding hydrogens is 264 g/mol. The molecule has 0 spiro atoms. The van der Waals surface area contributed by atoms with E-state index in [1.165, 1.54) is 0 Å². The van der Waals surface area contributed by atoms with Crippen molar-refractivity contribution in [1.82, 2.24) is 15.2 Å². The first-order valence-electron chi connectivity index (χ1n) is 4.52. The standard InChI is InChI=1S/C7H4N6O6/c14-3(15)1-8-5(12-10-1)7(6(18)19)9-2(4(16)17)11-13-7/h(H,14,15)(H,16,17)(H,18,19)(H,8,10,12). The summed E-state index contributed by atoms with van der Waals surface area (Å²) in [7, 11) is 0. The monoisotopic (exact) mass is 268 g/mol. The van der Waals surface area contributed by atoms with Crippen LogP contribution in [0.3, 0.4) is 0 Å². The van der Waals surface area contributed by atoms with Crippen molar-refractivity contribution >= 4 is 23.7 Å². The molecule has 1 aliphatic rings. The third-order valence-corrected chi connectivity index (χ3v) is 2.05. The van der Waals surface area contributed by atoms with E-state index in [0.717, 1.165) is 0 Å². The molecule has 0 saturated carbocycles. The second-order valence-electron chi connectivity index (χ2n) is 3.23. The van der Waals surface area contributed by atoms with Gasteiger partial charge in [0.25, 0.3) is 11.7 Å². The molecule has 1 unspecified atom stereocenters. The molecule has 98 valence electrons. The summed E-state index contributed by atoms with van der Waals surface area (Å²) in [5.41, 5.74) is -2.46. The van der Waals surface area contributed by atoms with Crippen LogP contribution in [0.1, 0.15) is 16.4 Å². The van der Waals surface area contributed by atoms with E-state index in [1.807, 2.05) is 5.10 Å². The highest BCUT2D eigenvalue weighted by atomic mass is 16.4. The number of carboxylic acids is 3. The van der Waals surface area contributed by atoms with Crippen molar-refractivity contribution in [3.63, 3.8) is 0 Å². The van der Waals surface area contributed by atoms with Gasteiger partial charge in [-0.15, -0.1) is 15.3 Å². The minimum absolute atomic E-state index is 0.558. The molecule has 1 aliphatic heterocycles. The number of aliphatic imine (C=N–C) groups is 1. The largest absolute Gasteiger partial charge is 0.478 e. The average Bonchev–Trinajstić information content (AvgIpc) is 2.96. The number of rotatable bonds is 4. The van der Waals surface area contributed by atoms with Crippen LogP contribution < -0.4 is 0 Å². The van der Waals surface area contributed by atoms with Crippen LogP contribution in [0.25, 0.3) is 0 Å². The van der Waals surface area contributed by atoms with E-state index >= 15 is 0 Å². The Balaban J connectivity index is 2.53. The van der Waals surface area contributed by atoms with Crippen LogP contribution in [0, 0.1) is 0 Å². The lowest BCUT2D eigenvalue weighted by Crippen LogP contribution is -2.32. The number of hydrogen-bond acceptors (Lipinski definition) is 8. The normalized spacial score (nSPS) is 21.2. The molecule has 0 aromatic carbocycles. The first kappa shape index (κ1) is 12.3. The maximum Gasteiger partial charge on any atom is 0.375 e. The third-order valence-electron chi connectivity index (χ3n) is 2.05. The molecule has 0 saturated heterocycles. The summed E-state index contributed by atoms with van der Waals surface area (Å²) < 4.78 is 0. The van der Waals surface area contributed by atoms with Gasteiger partial charge in [0.15, 0.2) is 5.82 Å². The number of aromatic nitrogens is 3. The fourth-order valence-corrected chi connectivity index (χ4v) is 1.21. The van der Waals surface area contributed by atoms with Crippen LogP contribution >= 0.6 is 0 Å². The highest BCUT2D eigenvalue weighted by molar-refractivity contribution is 6.35. The minimum atomic E-state index is -2.46. The van der Waals surface area contributed by atoms with Gasteiger partial charge in [0, 0.05) is 0 Å². The maximum absolute atomic E-state index is 11.2. The molecule has 1 aromatic rings. The van der Waals surface area contributed by atoms with Crippen LogP contribution in [0.15, 0.2) is 15.2 Å². The number of nitrogens with zero attached hydrogens (tertiary/aromatic N) is 5. The lowest BCUT2D eigenvalue weighted by atomic mass is 10.2. The molecule has 12 nitrogen and oxygen atoms in total.